The normalized spacial score (nSPS) is 16.5. The van der Waals surface area contributed by atoms with Gasteiger partial charge in [0.05, 0.1) is 25.8 Å². The van der Waals surface area contributed by atoms with E-state index >= 15 is 0 Å². The summed E-state index contributed by atoms with van der Waals surface area (Å²) in [7, 11) is 3.10. The minimum atomic E-state index is -0.458. The first kappa shape index (κ1) is 15.4. The molecule has 2 N–H and O–H groups in total. The van der Waals surface area contributed by atoms with E-state index in [0.717, 1.165) is 17.5 Å². The number of hydrogen-bond donors (Lipinski definition) is 2. The van der Waals surface area contributed by atoms with E-state index in [1.165, 1.54) is 0 Å². The zero-order chi connectivity index (χ0) is 16.4. The van der Waals surface area contributed by atoms with Crippen LogP contribution in [0.5, 0.6) is 17.2 Å². The lowest BCUT2D eigenvalue weighted by Crippen LogP contribution is -2.35. The number of Topliss-reactive ketones (excluding diaryl/α,β-unsaturated/α-hetero) is 1. The molecule has 1 atom stereocenters. The molecular weight excluding hydrogens is 294 g/mol. The van der Waals surface area contributed by atoms with Gasteiger partial charge in [0.1, 0.15) is 17.2 Å². The molecule has 5 nitrogen and oxygen atoms in total. The zero-order valence-corrected chi connectivity index (χ0v) is 13.1. The summed E-state index contributed by atoms with van der Waals surface area (Å²) >= 11 is 0. The van der Waals surface area contributed by atoms with E-state index in [1.807, 2.05) is 0 Å². The van der Waals surface area contributed by atoms with Crippen LogP contribution in [-0.2, 0) is 6.42 Å². The number of benzene rings is 2. The van der Waals surface area contributed by atoms with Crippen molar-refractivity contribution in [2.24, 2.45) is 0 Å². The molecule has 2 aromatic carbocycles. The summed E-state index contributed by atoms with van der Waals surface area (Å²) in [6.45, 7) is 0.680. The highest BCUT2D eigenvalue weighted by atomic mass is 16.5. The van der Waals surface area contributed by atoms with Crippen LogP contribution < -0.4 is 14.8 Å². The van der Waals surface area contributed by atoms with E-state index in [9.17, 15) is 9.90 Å². The Morgan fingerprint density at radius 2 is 2.00 bits per heavy atom. The maximum Gasteiger partial charge on any atom is 0.188 e. The van der Waals surface area contributed by atoms with Crippen molar-refractivity contribution in [2.45, 2.75) is 12.5 Å². The standard InChI is InChI=1S/C18H19NO4/c1-22-13-4-6-16(23-2)15(10-13)18(21)17-14-5-3-12(20)9-11(14)7-8-19-17/h3-6,9-10,17,19-20H,7-8H2,1-2H3. The number of ketones is 1. The molecule has 3 rings (SSSR count). The molecule has 120 valence electrons. The first-order chi connectivity index (χ1) is 11.1. The Morgan fingerprint density at radius 3 is 2.74 bits per heavy atom. The number of fused-ring (bicyclic) bond motifs is 1. The van der Waals surface area contributed by atoms with Crippen LogP contribution in [-0.4, -0.2) is 31.7 Å². The highest BCUT2D eigenvalue weighted by molar-refractivity contribution is 6.03. The first-order valence-electron chi connectivity index (χ1n) is 7.45. The minimum absolute atomic E-state index is 0.0765. The molecule has 1 aliphatic rings. The molecular formula is C18H19NO4. The van der Waals surface area contributed by atoms with Gasteiger partial charge in [0.25, 0.3) is 0 Å². The van der Waals surface area contributed by atoms with Gasteiger partial charge in [-0.05, 0) is 47.9 Å². The van der Waals surface area contributed by atoms with Gasteiger partial charge in [-0.3, -0.25) is 4.79 Å². The number of nitrogens with one attached hydrogen (secondary N) is 1. The number of rotatable bonds is 4. The van der Waals surface area contributed by atoms with Gasteiger partial charge in [0.2, 0.25) is 0 Å². The van der Waals surface area contributed by atoms with Gasteiger partial charge in [-0.25, -0.2) is 0 Å². The third-order valence-electron chi connectivity index (χ3n) is 4.11. The van der Waals surface area contributed by atoms with Crippen LogP contribution in [0.2, 0.25) is 0 Å². The number of methoxy groups -OCH3 is 2. The Morgan fingerprint density at radius 1 is 1.17 bits per heavy atom. The van der Waals surface area contributed by atoms with Crippen molar-refractivity contribution in [2.75, 3.05) is 20.8 Å². The SMILES string of the molecule is COc1ccc(OC)c(C(=O)C2NCCc3cc(O)ccc32)c1. The van der Waals surface area contributed by atoms with E-state index in [-0.39, 0.29) is 11.5 Å². The van der Waals surface area contributed by atoms with Crippen LogP contribution in [0.4, 0.5) is 0 Å². The molecule has 0 bridgehead atoms. The first-order valence-corrected chi connectivity index (χ1v) is 7.45. The third-order valence-corrected chi connectivity index (χ3v) is 4.11. The number of ether oxygens (including phenoxy) is 2. The summed E-state index contributed by atoms with van der Waals surface area (Å²) in [5, 5.41) is 12.9. The Balaban J connectivity index is 2.02. The molecule has 0 amide bonds. The summed E-state index contributed by atoms with van der Waals surface area (Å²) in [6.07, 6.45) is 0.781. The second-order valence-corrected chi connectivity index (χ2v) is 5.45. The summed E-state index contributed by atoms with van der Waals surface area (Å²) < 4.78 is 10.5. The number of phenols is 1. The monoisotopic (exact) mass is 313 g/mol. The summed E-state index contributed by atoms with van der Waals surface area (Å²) in [6, 6.07) is 9.85. The van der Waals surface area contributed by atoms with Crippen molar-refractivity contribution in [1.82, 2.24) is 5.32 Å². The van der Waals surface area contributed by atoms with Gasteiger partial charge in [-0.15, -0.1) is 0 Å². The maximum atomic E-state index is 13.0. The van der Waals surface area contributed by atoms with Crippen LogP contribution in [0, 0.1) is 0 Å². The van der Waals surface area contributed by atoms with Gasteiger partial charge in [-0.1, -0.05) is 6.07 Å². The Labute approximate surface area is 134 Å². The minimum Gasteiger partial charge on any atom is -0.508 e. The smallest absolute Gasteiger partial charge is 0.188 e. The van der Waals surface area contributed by atoms with Crippen molar-refractivity contribution in [1.29, 1.82) is 0 Å². The van der Waals surface area contributed by atoms with Crippen LogP contribution >= 0.6 is 0 Å². The number of hydrogen-bond acceptors (Lipinski definition) is 5. The van der Waals surface area contributed by atoms with Crippen molar-refractivity contribution < 1.29 is 19.4 Å². The molecule has 0 saturated heterocycles. The second-order valence-electron chi connectivity index (χ2n) is 5.45. The zero-order valence-electron chi connectivity index (χ0n) is 13.1. The summed E-state index contributed by atoms with van der Waals surface area (Å²) in [5.41, 5.74) is 2.36. The van der Waals surface area contributed by atoms with Gasteiger partial charge < -0.3 is 19.9 Å². The Bertz CT molecular complexity index is 742. The molecule has 0 saturated carbocycles. The van der Waals surface area contributed by atoms with E-state index < -0.39 is 6.04 Å². The molecule has 1 aliphatic heterocycles. The molecule has 0 spiro atoms. The summed E-state index contributed by atoms with van der Waals surface area (Å²) in [5.74, 6) is 1.27. The lowest BCUT2D eigenvalue weighted by Gasteiger charge is -2.26. The molecule has 0 aromatic heterocycles. The largest absolute Gasteiger partial charge is 0.508 e. The van der Waals surface area contributed by atoms with E-state index in [4.69, 9.17) is 9.47 Å². The molecule has 1 unspecified atom stereocenters. The fourth-order valence-electron chi connectivity index (χ4n) is 2.95. The van der Waals surface area contributed by atoms with E-state index in [1.54, 1.807) is 50.6 Å². The van der Waals surface area contributed by atoms with Crippen molar-refractivity contribution in [3.63, 3.8) is 0 Å². The van der Waals surface area contributed by atoms with E-state index in [0.29, 0.717) is 23.6 Å². The molecule has 5 heteroatoms. The van der Waals surface area contributed by atoms with Crippen LogP contribution in [0.25, 0.3) is 0 Å². The highest BCUT2D eigenvalue weighted by Gasteiger charge is 2.29. The second kappa shape index (κ2) is 6.30. The molecule has 0 fully saturated rings. The van der Waals surface area contributed by atoms with Gasteiger partial charge in [0, 0.05) is 6.54 Å². The topological polar surface area (TPSA) is 67.8 Å². The van der Waals surface area contributed by atoms with Gasteiger partial charge >= 0.3 is 0 Å². The Hall–Kier alpha value is -2.53. The number of carbonyl (C=O) groups is 1. The van der Waals surface area contributed by atoms with Crippen LogP contribution in [0.1, 0.15) is 27.5 Å². The number of carbonyl (C=O) groups excluding carboxylic acids is 1. The van der Waals surface area contributed by atoms with Gasteiger partial charge in [0.15, 0.2) is 5.78 Å². The van der Waals surface area contributed by atoms with Crippen molar-refractivity contribution >= 4 is 5.78 Å². The predicted octanol–water partition coefficient (Wildman–Crippen LogP) is 2.48. The molecule has 2 aromatic rings. The Kier molecular flexibility index (Phi) is 4.21. The third kappa shape index (κ3) is 2.87. The highest BCUT2D eigenvalue weighted by Crippen LogP contribution is 2.32. The molecule has 0 aliphatic carbocycles. The fourth-order valence-corrected chi connectivity index (χ4v) is 2.95. The average Bonchev–Trinajstić information content (AvgIpc) is 2.59. The van der Waals surface area contributed by atoms with Crippen molar-refractivity contribution in [3.8, 4) is 17.2 Å². The van der Waals surface area contributed by atoms with Crippen LogP contribution in [0.15, 0.2) is 36.4 Å². The lowest BCUT2D eigenvalue weighted by molar-refractivity contribution is 0.0936. The average molecular weight is 313 g/mol. The summed E-state index contributed by atoms with van der Waals surface area (Å²) in [4.78, 5) is 13.0. The predicted molar refractivity (Wildman–Crippen MR) is 86.4 cm³/mol. The van der Waals surface area contributed by atoms with Gasteiger partial charge in [-0.2, -0.15) is 0 Å². The molecule has 0 radical (unpaired) electrons. The van der Waals surface area contributed by atoms with E-state index in [2.05, 4.69) is 5.32 Å². The van der Waals surface area contributed by atoms with Crippen LogP contribution in [0.3, 0.4) is 0 Å². The fraction of sp³-hybridized carbons (Fsp3) is 0.278. The lowest BCUT2D eigenvalue weighted by atomic mass is 9.89. The number of phenolic OH excluding ortho intramolecular Hbond substituents is 1. The quantitative estimate of drug-likeness (QED) is 0.849. The maximum absolute atomic E-state index is 13.0. The van der Waals surface area contributed by atoms with Crippen molar-refractivity contribution in [3.05, 3.63) is 53.1 Å². The number of aromatic hydroxyl groups is 1. The molecule has 23 heavy (non-hydrogen) atoms. The molecule has 1 heterocycles.